The van der Waals surface area contributed by atoms with E-state index in [4.69, 9.17) is 22.2 Å². The zero-order valence-corrected chi connectivity index (χ0v) is 10.9. The second-order valence-electron chi connectivity index (χ2n) is 4.10. The van der Waals surface area contributed by atoms with Crippen LogP contribution in [0.1, 0.15) is 24.2 Å². The van der Waals surface area contributed by atoms with Gasteiger partial charge < -0.3 is 4.74 Å². The maximum absolute atomic E-state index is 11.5. The molecule has 5 nitrogen and oxygen atoms in total. The Morgan fingerprint density at radius 2 is 2.17 bits per heavy atom. The molecule has 18 heavy (non-hydrogen) atoms. The van der Waals surface area contributed by atoms with Gasteiger partial charge in [-0.15, -0.1) is 0 Å². The molecule has 1 aromatic rings. The molecule has 0 aliphatic heterocycles. The number of nitrogens with two attached hydrogens (primary N) is 1. The highest BCUT2D eigenvalue weighted by Crippen LogP contribution is 2.27. The van der Waals surface area contributed by atoms with Crippen molar-refractivity contribution in [2.24, 2.45) is 11.8 Å². The zero-order chi connectivity index (χ0) is 13.7. The molecule has 1 atom stereocenters. The van der Waals surface area contributed by atoms with E-state index in [2.05, 4.69) is 0 Å². The second-order valence-corrected chi connectivity index (χ2v) is 4.51. The van der Waals surface area contributed by atoms with Crippen LogP contribution in [0.2, 0.25) is 5.02 Å². The molecule has 0 saturated carbocycles. The molecule has 0 saturated heterocycles. The Balaban J connectivity index is 2.94. The Morgan fingerprint density at radius 3 is 2.61 bits per heavy atom. The first kappa shape index (κ1) is 14.5. The van der Waals surface area contributed by atoms with Crippen LogP contribution in [0.25, 0.3) is 0 Å². The van der Waals surface area contributed by atoms with E-state index in [0.717, 1.165) is 0 Å². The Labute approximate surface area is 110 Å². The fraction of sp³-hybridized carbons (Fsp3) is 0.333. The highest BCUT2D eigenvalue weighted by molar-refractivity contribution is 6.32. The highest BCUT2D eigenvalue weighted by atomic mass is 35.5. The summed E-state index contributed by atoms with van der Waals surface area (Å²) in [6.07, 6.45) is -0.0584. The number of hydrazine groups is 1. The average Bonchev–Trinajstić information content (AvgIpc) is 2.35. The number of benzene rings is 1. The van der Waals surface area contributed by atoms with Crippen molar-refractivity contribution in [1.29, 1.82) is 0 Å². The first-order valence-corrected chi connectivity index (χ1v) is 5.79. The van der Waals surface area contributed by atoms with E-state index in [1.54, 1.807) is 12.1 Å². The molecule has 0 heterocycles. The van der Waals surface area contributed by atoms with Crippen molar-refractivity contribution in [2.75, 3.05) is 0 Å². The summed E-state index contributed by atoms with van der Waals surface area (Å²) in [7, 11) is 0. The Hall–Kier alpha value is -1.59. The van der Waals surface area contributed by atoms with Gasteiger partial charge in [0.15, 0.2) is 6.10 Å². The first-order valence-electron chi connectivity index (χ1n) is 5.41. The van der Waals surface area contributed by atoms with Crippen LogP contribution in [-0.2, 0) is 4.79 Å². The molecule has 0 aliphatic carbocycles. The summed E-state index contributed by atoms with van der Waals surface area (Å²) in [6.45, 7) is 3.65. The lowest BCUT2D eigenvalue weighted by molar-refractivity contribution is -0.129. The van der Waals surface area contributed by atoms with Crippen LogP contribution in [0.4, 0.5) is 0 Å². The normalized spacial score (nSPS) is 12.1. The van der Waals surface area contributed by atoms with E-state index < -0.39 is 12.0 Å². The molecule has 0 fully saturated rings. The molecule has 98 valence electrons. The molecule has 1 rings (SSSR count). The minimum atomic E-state index is -0.741. The predicted octanol–water partition coefficient (Wildman–Crippen LogP) is 1.55. The molecule has 0 radical (unpaired) electrons. The number of rotatable bonds is 5. The van der Waals surface area contributed by atoms with Gasteiger partial charge in [0.1, 0.15) is 12.0 Å². The van der Waals surface area contributed by atoms with Gasteiger partial charge >= 0.3 is 0 Å². The maximum atomic E-state index is 11.5. The van der Waals surface area contributed by atoms with Crippen molar-refractivity contribution in [3.8, 4) is 5.75 Å². The summed E-state index contributed by atoms with van der Waals surface area (Å²) in [5, 5.41) is 0.273. The number of hydrogen-bond donors (Lipinski definition) is 2. The number of nitrogens with one attached hydrogen (secondary N) is 1. The number of aldehydes is 1. The Bertz CT molecular complexity index is 449. The van der Waals surface area contributed by atoms with Gasteiger partial charge in [-0.2, -0.15) is 0 Å². The lowest BCUT2D eigenvalue weighted by Gasteiger charge is -2.21. The third-order valence-electron chi connectivity index (χ3n) is 2.35. The monoisotopic (exact) mass is 270 g/mol. The van der Waals surface area contributed by atoms with E-state index in [9.17, 15) is 9.59 Å². The minimum absolute atomic E-state index is 0.0737. The third kappa shape index (κ3) is 3.45. The number of ether oxygens (including phenoxy) is 1. The zero-order valence-electron chi connectivity index (χ0n) is 10.1. The lowest BCUT2D eigenvalue weighted by atomic mass is 10.1. The Morgan fingerprint density at radius 1 is 1.50 bits per heavy atom. The summed E-state index contributed by atoms with van der Waals surface area (Å²) in [5.74, 6) is 4.92. The van der Waals surface area contributed by atoms with E-state index in [-0.39, 0.29) is 10.9 Å². The third-order valence-corrected chi connectivity index (χ3v) is 2.65. The van der Waals surface area contributed by atoms with Crippen LogP contribution in [-0.4, -0.2) is 18.3 Å². The molecule has 1 aromatic carbocycles. The van der Waals surface area contributed by atoms with Crippen molar-refractivity contribution in [3.05, 3.63) is 28.8 Å². The van der Waals surface area contributed by atoms with Crippen LogP contribution < -0.4 is 16.0 Å². The van der Waals surface area contributed by atoms with Gasteiger partial charge in [-0.3, -0.25) is 15.0 Å². The number of carbonyl (C=O) groups excluding carboxylic acids is 2. The summed E-state index contributed by atoms with van der Waals surface area (Å²) in [6, 6.07) is 4.58. The first-order chi connectivity index (χ1) is 8.49. The molecule has 0 bridgehead atoms. The van der Waals surface area contributed by atoms with Crippen molar-refractivity contribution in [1.82, 2.24) is 5.43 Å². The van der Waals surface area contributed by atoms with Gasteiger partial charge in [0.05, 0.1) is 5.02 Å². The SMILES string of the molecule is CC(C)C(Oc1ccc(C=O)cc1Cl)C(=O)NN. The van der Waals surface area contributed by atoms with Crippen molar-refractivity contribution >= 4 is 23.8 Å². The molecule has 0 aromatic heterocycles. The topological polar surface area (TPSA) is 81.4 Å². The minimum Gasteiger partial charge on any atom is -0.479 e. The molecule has 1 amide bonds. The van der Waals surface area contributed by atoms with Crippen molar-refractivity contribution in [2.45, 2.75) is 20.0 Å². The number of hydrogen-bond acceptors (Lipinski definition) is 4. The van der Waals surface area contributed by atoms with E-state index >= 15 is 0 Å². The van der Waals surface area contributed by atoms with Crippen molar-refractivity contribution in [3.63, 3.8) is 0 Å². The average molecular weight is 271 g/mol. The quantitative estimate of drug-likeness (QED) is 0.368. The van der Waals surface area contributed by atoms with Crippen LogP contribution in [0, 0.1) is 5.92 Å². The maximum Gasteiger partial charge on any atom is 0.275 e. The highest BCUT2D eigenvalue weighted by Gasteiger charge is 2.24. The summed E-state index contributed by atoms with van der Waals surface area (Å²) in [5.41, 5.74) is 2.49. The molecular formula is C12H15ClN2O3. The van der Waals surface area contributed by atoms with Gasteiger partial charge in [0.2, 0.25) is 0 Å². The summed E-state index contributed by atoms with van der Waals surface area (Å²) in [4.78, 5) is 22.1. The van der Waals surface area contributed by atoms with Gasteiger partial charge in [0, 0.05) is 5.56 Å². The van der Waals surface area contributed by atoms with Crippen LogP contribution in [0.15, 0.2) is 18.2 Å². The van der Waals surface area contributed by atoms with Gasteiger partial charge in [-0.25, -0.2) is 5.84 Å². The molecular weight excluding hydrogens is 256 g/mol. The fourth-order valence-electron chi connectivity index (χ4n) is 1.40. The van der Waals surface area contributed by atoms with Crippen LogP contribution >= 0.6 is 11.6 Å². The van der Waals surface area contributed by atoms with E-state index in [0.29, 0.717) is 17.6 Å². The van der Waals surface area contributed by atoms with Crippen molar-refractivity contribution < 1.29 is 14.3 Å². The van der Waals surface area contributed by atoms with E-state index in [1.807, 2.05) is 19.3 Å². The van der Waals surface area contributed by atoms with Gasteiger partial charge in [0.25, 0.3) is 5.91 Å². The molecule has 0 spiro atoms. The number of amides is 1. The molecule has 1 unspecified atom stereocenters. The number of halogens is 1. The fourth-order valence-corrected chi connectivity index (χ4v) is 1.63. The Kier molecular flexibility index (Phi) is 5.12. The predicted molar refractivity (Wildman–Crippen MR) is 68.4 cm³/mol. The summed E-state index contributed by atoms with van der Waals surface area (Å²) >= 11 is 5.96. The molecule has 0 aliphatic rings. The molecule has 6 heteroatoms. The summed E-state index contributed by atoms with van der Waals surface area (Å²) < 4.78 is 5.52. The number of carbonyl (C=O) groups is 2. The second kappa shape index (κ2) is 6.37. The van der Waals surface area contributed by atoms with Crippen LogP contribution in [0.5, 0.6) is 5.75 Å². The van der Waals surface area contributed by atoms with E-state index in [1.165, 1.54) is 6.07 Å². The molecule has 3 N–H and O–H groups in total. The lowest BCUT2D eigenvalue weighted by Crippen LogP contribution is -2.44. The smallest absolute Gasteiger partial charge is 0.275 e. The van der Waals surface area contributed by atoms with Gasteiger partial charge in [-0.05, 0) is 24.1 Å². The standard InChI is InChI=1S/C12H15ClN2O3/c1-7(2)11(12(17)15-14)18-10-4-3-8(6-16)5-9(10)13/h3-7,11H,14H2,1-2H3,(H,15,17). The van der Waals surface area contributed by atoms with Crippen LogP contribution in [0.3, 0.4) is 0 Å². The largest absolute Gasteiger partial charge is 0.479 e. The van der Waals surface area contributed by atoms with Gasteiger partial charge in [-0.1, -0.05) is 25.4 Å².